The Morgan fingerprint density at radius 3 is 2.59 bits per heavy atom. The minimum Gasteiger partial charge on any atom is -0.339 e. The molecule has 2 heterocycles. The summed E-state index contributed by atoms with van der Waals surface area (Å²) in [6.07, 6.45) is 3.13. The first-order valence-corrected chi connectivity index (χ1v) is 11.4. The second-order valence-electron chi connectivity index (χ2n) is 7.26. The Morgan fingerprint density at radius 2 is 1.84 bits per heavy atom. The zero-order chi connectivity index (χ0) is 22.7. The number of benzene rings is 2. The molecule has 8 nitrogen and oxygen atoms in total. The standard InChI is InChI=1S/C22H21FN6O2S/c1-15(2)32(30,31)19-6-4-3-5-18(19)26-22-13-20(27-21-11-12-25-29(21)22)28-24-14-16-7-9-17(23)10-8-16/h3-15,26H,1-2H3,(H,27,28)/b24-14+. The molecule has 2 N–H and O–H groups in total. The Labute approximate surface area is 184 Å². The molecule has 0 saturated carbocycles. The number of hydrogen-bond donors (Lipinski definition) is 2. The number of halogens is 1. The van der Waals surface area contributed by atoms with Crippen molar-refractivity contribution in [2.75, 3.05) is 10.7 Å². The van der Waals surface area contributed by atoms with Gasteiger partial charge in [-0.1, -0.05) is 24.3 Å². The molecular formula is C22H21FN6O2S. The maximum atomic E-state index is 13.0. The first-order chi connectivity index (χ1) is 15.3. The molecule has 164 valence electrons. The predicted molar refractivity (Wildman–Crippen MR) is 123 cm³/mol. The number of fused-ring (bicyclic) bond motifs is 1. The number of hydrazone groups is 1. The largest absolute Gasteiger partial charge is 0.339 e. The summed E-state index contributed by atoms with van der Waals surface area (Å²) in [5.74, 6) is 0.604. The van der Waals surface area contributed by atoms with Gasteiger partial charge in [0.05, 0.1) is 28.2 Å². The molecule has 0 spiro atoms. The summed E-state index contributed by atoms with van der Waals surface area (Å²) in [6.45, 7) is 3.29. The van der Waals surface area contributed by atoms with Gasteiger partial charge >= 0.3 is 0 Å². The van der Waals surface area contributed by atoms with Crippen molar-refractivity contribution in [3.05, 3.63) is 78.2 Å². The molecule has 0 atom stereocenters. The first kappa shape index (κ1) is 21.4. The van der Waals surface area contributed by atoms with Crippen molar-refractivity contribution in [2.45, 2.75) is 24.0 Å². The highest BCUT2D eigenvalue weighted by Gasteiger charge is 2.23. The highest BCUT2D eigenvalue weighted by molar-refractivity contribution is 7.92. The normalized spacial score (nSPS) is 12.0. The quantitative estimate of drug-likeness (QED) is 0.321. The SMILES string of the molecule is CC(C)S(=O)(=O)c1ccccc1Nc1cc(N/N=C/c2ccc(F)cc2)nc2ccnn12. The van der Waals surface area contributed by atoms with Crippen molar-refractivity contribution in [3.63, 3.8) is 0 Å². The van der Waals surface area contributed by atoms with Crippen molar-refractivity contribution in [1.82, 2.24) is 14.6 Å². The predicted octanol–water partition coefficient (Wildman–Crippen LogP) is 4.24. The summed E-state index contributed by atoms with van der Waals surface area (Å²) in [7, 11) is -3.50. The smallest absolute Gasteiger partial charge is 0.182 e. The van der Waals surface area contributed by atoms with Gasteiger partial charge in [0, 0.05) is 12.1 Å². The van der Waals surface area contributed by atoms with Crippen LogP contribution in [0.25, 0.3) is 5.65 Å². The third kappa shape index (κ3) is 4.45. The van der Waals surface area contributed by atoms with Crippen molar-refractivity contribution < 1.29 is 12.8 Å². The molecular weight excluding hydrogens is 431 g/mol. The minimum atomic E-state index is -3.50. The Hall–Kier alpha value is -3.79. The first-order valence-electron chi connectivity index (χ1n) is 9.84. The number of nitrogens with zero attached hydrogens (tertiary/aromatic N) is 4. The summed E-state index contributed by atoms with van der Waals surface area (Å²) in [5, 5.41) is 11.0. The van der Waals surface area contributed by atoms with Gasteiger partial charge in [0.15, 0.2) is 21.3 Å². The van der Waals surface area contributed by atoms with Gasteiger partial charge in [-0.05, 0) is 43.7 Å². The number of sulfone groups is 1. The molecule has 0 unspecified atom stereocenters. The van der Waals surface area contributed by atoms with E-state index in [9.17, 15) is 12.8 Å². The summed E-state index contributed by atoms with van der Waals surface area (Å²) < 4.78 is 40.2. The van der Waals surface area contributed by atoms with E-state index in [2.05, 4.69) is 25.9 Å². The number of rotatable bonds is 7. The van der Waals surface area contributed by atoms with E-state index in [4.69, 9.17) is 0 Å². The molecule has 4 aromatic rings. The number of anilines is 3. The van der Waals surface area contributed by atoms with Gasteiger partial charge in [0.2, 0.25) is 0 Å². The van der Waals surface area contributed by atoms with Crippen LogP contribution in [-0.4, -0.2) is 34.5 Å². The van der Waals surface area contributed by atoms with Crippen LogP contribution in [-0.2, 0) is 9.84 Å². The lowest BCUT2D eigenvalue weighted by Gasteiger charge is -2.15. The lowest BCUT2D eigenvalue weighted by atomic mass is 10.2. The summed E-state index contributed by atoms with van der Waals surface area (Å²) in [6, 6.07) is 16.0. The van der Waals surface area contributed by atoms with E-state index in [1.807, 2.05) is 0 Å². The molecule has 2 aromatic heterocycles. The highest BCUT2D eigenvalue weighted by atomic mass is 32.2. The Kier molecular flexibility index (Phi) is 5.87. The fraction of sp³-hybridized carbons (Fsp3) is 0.136. The van der Waals surface area contributed by atoms with Gasteiger partial charge in [-0.3, -0.25) is 5.43 Å². The molecule has 10 heteroatoms. The highest BCUT2D eigenvalue weighted by Crippen LogP contribution is 2.28. The molecule has 0 radical (unpaired) electrons. The molecule has 0 fully saturated rings. The van der Waals surface area contributed by atoms with Gasteiger partial charge in [-0.15, -0.1) is 0 Å². The van der Waals surface area contributed by atoms with E-state index >= 15 is 0 Å². The van der Waals surface area contributed by atoms with Crippen molar-refractivity contribution in [2.24, 2.45) is 5.10 Å². The van der Waals surface area contributed by atoms with Gasteiger partial charge in [0.1, 0.15) is 11.6 Å². The van der Waals surface area contributed by atoms with Crippen molar-refractivity contribution >= 4 is 39.0 Å². The van der Waals surface area contributed by atoms with Crippen LogP contribution in [0.5, 0.6) is 0 Å². The number of nitrogens with one attached hydrogen (secondary N) is 2. The lowest BCUT2D eigenvalue weighted by Crippen LogP contribution is -2.16. The lowest BCUT2D eigenvalue weighted by molar-refractivity contribution is 0.587. The maximum absolute atomic E-state index is 13.0. The fourth-order valence-electron chi connectivity index (χ4n) is 2.99. The molecule has 0 aliphatic carbocycles. The average Bonchev–Trinajstić information content (AvgIpc) is 3.24. The van der Waals surface area contributed by atoms with E-state index in [-0.39, 0.29) is 10.7 Å². The molecule has 0 amide bonds. The van der Waals surface area contributed by atoms with E-state index in [0.29, 0.717) is 23.0 Å². The zero-order valence-electron chi connectivity index (χ0n) is 17.4. The van der Waals surface area contributed by atoms with Gasteiger partial charge in [-0.2, -0.15) is 14.7 Å². The molecule has 0 aliphatic rings. The minimum absolute atomic E-state index is 0.205. The van der Waals surface area contributed by atoms with Crippen molar-refractivity contribution in [3.8, 4) is 0 Å². The van der Waals surface area contributed by atoms with E-state index in [0.717, 1.165) is 5.56 Å². The molecule has 0 saturated heterocycles. The van der Waals surface area contributed by atoms with Crippen LogP contribution in [0.4, 0.5) is 21.7 Å². The molecule has 4 rings (SSSR count). The van der Waals surface area contributed by atoms with Crippen LogP contribution < -0.4 is 10.7 Å². The Balaban J connectivity index is 1.66. The molecule has 32 heavy (non-hydrogen) atoms. The van der Waals surface area contributed by atoms with Crippen LogP contribution in [0.3, 0.4) is 0 Å². The van der Waals surface area contributed by atoms with Gasteiger partial charge < -0.3 is 5.32 Å². The number of hydrogen-bond acceptors (Lipinski definition) is 7. The summed E-state index contributed by atoms with van der Waals surface area (Å²) in [4.78, 5) is 4.64. The third-order valence-electron chi connectivity index (χ3n) is 4.70. The second kappa shape index (κ2) is 8.75. The molecule has 2 aromatic carbocycles. The van der Waals surface area contributed by atoms with E-state index < -0.39 is 15.1 Å². The second-order valence-corrected chi connectivity index (χ2v) is 9.74. The Bertz CT molecular complexity index is 1380. The summed E-state index contributed by atoms with van der Waals surface area (Å²) in [5.41, 5.74) is 4.54. The average molecular weight is 453 g/mol. The van der Waals surface area contributed by atoms with Crippen LogP contribution in [0.15, 0.2) is 76.9 Å². The van der Waals surface area contributed by atoms with E-state index in [1.165, 1.54) is 12.1 Å². The topological polar surface area (TPSA) is 101 Å². The van der Waals surface area contributed by atoms with E-state index in [1.54, 1.807) is 79.3 Å². The monoisotopic (exact) mass is 452 g/mol. The molecule has 0 aliphatic heterocycles. The van der Waals surface area contributed by atoms with Crippen LogP contribution in [0, 0.1) is 5.82 Å². The zero-order valence-corrected chi connectivity index (χ0v) is 18.2. The van der Waals surface area contributed by atoms with Gasteiger partial charge in [-0.25, -0.2) is 17.8 Å². The molecule has 0 bridgehead atoms. The summed E-state index contributed by atoms with van der Waals surface area (Å²) >= 11 is 0. The van der Waals surface area contributed by atoms with Crippen LogP contribution in [0.1, 0.15) is 19.4 Å². The Morgan fingerprint density at radius 1 is 1.09 bits per heavy atom. The number of aromatic nitrogens is 3. The van der Waals surface area contributed by atoms with Crippen LogP contribution in [0.2, 0.25) is 0 Å². The third-order valence-corrected chi connectivity index (χ3v) is 6.91. The maximum Gasteiger partial charge on any atom is 0.182 e. The fourth-order valence-corrected chi connectivity index (χ4v) is 4.19. The van der Waals surface area contributed by atoms with Crippen molar-refractivity contribution in [1.29, 1.82) is 0 Å². The number of para-hydroxylation sites is 1. The van der Waals surface area contributed by atoms with Gasteiger partial charge in [0.25, 0.3) is 0 Å². The van der Waals surface area contributed by atoms with Crippen LogP contribution >= 0.6 is 0 Å².